The van der Waals surface area contributed by atoms with E-state index >= 15 is 0 Å². The number of benzene rings is 4. The Morgan fingerprint density at radius 3 is 2.23 bits per heavy atom. The van der Waals surface area contributed by atoms with Crippen LogP contribution in [0.1, 0.15) is 32.7 Å². The fourth-order valence-corrected chi connectivity index (χ4v) is 4.62. The molecular weight excluding hydrogens is 522 g/mol. The molecule has 0 bridgehead atoms. The quantitative estimate of drug-likeness (QED) is 0.188. The van der Waals surface area contributed by atoms with Gasteiger partial charge in [0.1, 0.15) is 11.5 Å². The van der Waals surface area contributed by atoms with Crippen LogP contribution in [-0.4, -0.2) is 27.7 Å². The van der Waals surface area contributed by atoms with Gasteiger partial charge in [0.15, 0.2) is 0 Å². The molecule has 0 fully saturated rings. The summed E-state index contributed by atoms with van der Waals surface area (Å²) in [4.78, 5) is 15.7. The molecule has 5 aromatic rings. The Bertz CT molecular complexity index is 1600. The number of methoxy groups -OCH3 is 1. The normalized spacial score (nSPS) is 10.8. The molecule has 0 spiro atoms. The number of carbonyl (C=O) groups excluding carboxylic acids is 1. The van der Waals surface area contributed by atoms with Crippen molar-refractivity contribution < 1.29 is 14.3 Å². The summed E-state index contributed by atoms with van der Waals surface area (Å²) < 4.78 is 13.5. The molecular formula is C33H30ClN3O3. The summed E-state index contributed by atoms with van der Waals surface area (Å²) in [6, 6.07) is 32.4. The summed E-state index contributed by atoms with van der Waals surface area (Å²) in [5.74, 6) is 1.78. The van der Waals surface area contributed by atoms with E-state index in [-0.39, 0.29) is 5.91 Å². The van der Waals surface area contributed by atoms with E-state index in [9.17, 15) is 4.79 Å². The minimum atomic E-state index is -0.0749. The van der Waals surface area contributed by atoms with Crippen molar-refractivity contribution in [2.45, 2.75) is 26.9 Å². The Kier molecular flexibility index (Phi) is 8.18. The van der Waals surface area contributed by atoms with Gasteiger partial charge >= 0.3 is 0 Å². The lowest BCUT2D eigenvalue weighted by molar-refractivity contribution is 0.0729. The molecule has 0 saturated carbocycles. The maximum Gasteiger partial charge on any atom is 0.254 e. The third kappa shape index (κ3) is 6.19. The fraction of sp³-hybridized carbons (Fsp3) is 0.152. The molecule has 0 N–H and O–H groups in total. The number of rotatable bonds is 9. The van der Waals surface area contributed by atoms with Crippen molar-refractivity contribution in [2.75, 3.05) is 7.11 Å². The van der Waals surface area contributed by atoms with E-state index in [1.54, 1.807) is 11.8 Å². The zero-order chi connectivity index (χ0) is 28.1. The standard InChI is InChI=1S/C33H30ClN3O3/c1-23-12-14-26(15-13-23)32(38)36(21-25-8-5-4-6-9-25)22-31-24(2)35-37(28-11-7-10-27(34)20-28)33(31)40-30-18-16-29(39-3)17-19-30/h4-20H,21-22H2,1-3H3. The molecule has 6 nitrogen and oxygen atoms in total. The van der Waals surface area contributed by atoms with Crippen molar-refractivity contribution >= 4 is 17.5 Å². The smallest absolute Gasteiger partial charge is 0.254 e. The summed E-state index contributed by atoms with van der Waals surface area (Å²) in [5, 5.41) is 5.41. The van der Waals surface area contributed by atoms with E-state index in [1.807, 2.05) is 122 Å². The average Bonchev–Trinajstić information content (AvgIpc) is 3.28. The fourth-order valence-electron chi connectivity index (χ4n) is 4.44. The third-order valence-electron chi connectivity index (χ3n) is 6.61. The number of halogens is 1. The van der Waals surface area contributed by atoms with Gasteiger partial charge < -0.3 is 14.4 Å². The highest BCUT2D eigenvalue weighted by Gasteiger charge is 2.25. The molecule has 1 aromatic heterocycles. The van der Waals surface area contributed by atoms with E-state index in [2.05, 4.69) is 0 Å². The summed E-state index contributed by atoms with van der Waals surface area (Å²) in [5.41, 5.74) is 5.05. The lowest BCUT2D eigenvalue weighted by Gasteiger charge is -2.24. The largest absolute Gasteiger partial charge is 0.497 e. The summed E-state index contributed by atoms with van der Waals surface area (Å²) >= 11 is 6.33. The highest BCUT2D eigenvalue weighted by molar-refractivity contribution is 6.30. The Labute approximate surface area is 239 Å². The van der Waals surface area contributed by atoms with Crippen LogP contribution < -0.4 is 9.47 Å². The van der Waals surface area contributed by atoms with Gasteiger partial charge in [0.25, 0.3) is 5.91 Å². The Balaban J connectivity index is 1.58. The topological polar surface area (TPSA) is 56.6 Å². The molecule has 0 aliphatic heterocycles. The lowest BCUT2D eigenvalue weighted by atomic mass is 10.1. The van der Waals surface area contributed by atoms with Crippen LogP contribution in [0.15, 0.2) is 103 Å². The van der Waals surface area contributed by atoms with Crippen LogP contribution in [0, 0.1) is 13.8 Å². The molecule has 40 heavy (non-hydrogen) atoms. The van der Waals surface area contributed by atoms with Gasteiger partial charge in [0, 0.05) is 17.1 Å². The van der Waals surface area contributed by atoms with Crippen LogP contribution in [0.3, 0.4) is 0 Å². The second-order valence-electron chi connectivity index (χ2n) is 9.55. The number of amides is 1. The highest BCUT2D eigenvalue weighted by atomic mass is 35.5. The number of carbonyl (C=O) groups is 1. The molecule has 0 atom stereocenters. The molecule has 1 heterocycles. The molecule has 1 amide bonds. The first-order chi connectivity index (χ1) is 19.4. The van der Waals surface area contributed by atoms with Crippen molar-refractivity contribution in [3.63, 3.8) is 0 Å². The second-order valence-corrected chi connectivity index (χ2v) is 9.99. The molecule has 202 valence electrons. The van der Waals surface area contributed by atoms with Crippen molar-refractivity contribution in [1.82, 2.24) is 14.7 Å². The van der Waals surface area contributed by atoms with Crippen molar-refractivity contribution in [3.8, 4) is 23.1 Å². The molecule has 5 rings (SSSR count). The van der Waals surface area contributed by atoms with Crippen molar-refractivity contribution in [1.29, 1.82) is 0 Å². The van der Waals surface area contributed by atoms with E-state index < -0.39 is 0 Å². The minimum absolute atomic E-state index is 0.0749. The summed E-state index contributed by atoms with van der Waals surface area (Å²) in [7, 11) is 1.62. The first-order valence-electron chi connectivity index (χ1n) is 13.0. The van der Waals surface area contributed by atoms with Gasteiger partial charge in [0.05, 0.1) is 30.6 Å². The second kappa shape index (κ2) is 12.1. The van der Waals surface area contributed by atoms with Crippen LogP contribution in [-0.2, 0) is 13.1 Å². The summed E-state index contributed by atoms with van der Waals surface area (Å²) in [6.45, 7) is 4.65. The predicted octanol–water partition coefficient (Wildman–Crippen LogP) is 7.79. The SMILES string of the molecule is COc1ccc(Oc2c(CN(Cc3ccccc3)C(=O)c3ccc(C)cc3)c(C)nn2-c2cccc(Cl)c2)cc1. The van der Waals surface area contributed by atoms with Crippen LogP contribution in [0.5, 0.6) is 17.4 Å². The lowest BCUT2D eigenvalue weighted by Crippen LogP contribution is -2.30. The first-order valence-corrected chi connectivity index (χ1v) is 13.4. The van der Waals surface area contributed by atoms with E-state index in [0.29, 0.717) is 35.3 Å². The number of nitrogens with zero attached hydrogens (tertiary/aromatic N) is 3. The maximum absolute atomic E-state index is 13.9. The number of ether oxygens (including phenoxy) is 2. The Morgan fingerprint density at radius 1 is 0.850 bits per heavy atom. The zero-order valence-electron chi connectivity index (χ0n) is 22.7. The average molecular weight is 552 g/mol. The van der Waals surface area contributed by atoms with E-state index in [1.165, 1.54) is 0 Å². The first kappa shape index (κ1) is 27.0. The molecule has 0 saturated heterocycles. The van der Waals surface area contributed by atoms with Crippen molar-refractivity contribution in [2.24, 2.45) is 0 Å². The summed E-state index contributed by atoms with van der Waals surface area (Å²) in [6.07, 6.45) is 0. The van der Waals surface area contributed by atoms with Crippen LogP contribution in [0.25, 0.3) is 5.69 Å². The van der Waals surface area contributed by atoms with E-state index in [4.69, 9.17) is 26.2 Å². The van der Waals surface area contributed by atoms with Crippen LogP contribution in [0.2, 0.25) is 5.02 Å². The zero-order valence-corrected chi connectivity index (χ0v) is 23.4. The van der Waals surface area contributed by atoms with Gasteiger partial charge in [-0.1, -0.05) is 65.7 Å². The molecule has 0 aliphatic carbocycles. The molecule has 0 aliphatic rings. The van der Waals surface area contributed by atoms with Crippen LogP contribution in [0.4, 0.5) is 0 Å². The Hall–Kier alpha value is -4.55. The number of aryl methyl sites for hydroxylation is 2. The van der Waals surface area contributed by atoms with Crippen molar-refractivity contribution in [3.05, 3.63) is 136 Å². The van der Waals surface area contributed by atoms with Gasteiger partial charge in [-0.3, -0.25) is 4.79 Å². The van der Waals surface area contributed by atoms with Gasteiger partial charge in [0.2, 0.25) is 5.88 Å². The van der Waals surface area contributed by atoms with Gasteiger partial charge in [-0.2, -0.15) is 5.10 Å². The molecule has 0 unspecified atom stereocenters. The maximum atomic E-state index is 13.9. The number of hydrogen-bond donors (Lipinski definition) is 0. The van der Waals surface area contributed by atoms with Gasteiger partial charge in [-0.25, -0.2) is 4.68 Å². The third-order valence-corrected chi connectivity index (χ3v) is 6.85. The predicted molar refractivity (Wildman–Crippen MR) is 158 cm³/mol. The molecule has 0 radical (unpaired) electrons. The number of aromatic nitrogens is 2. The van der Waals surface area contributed by atoms with Gasteiger partial charge in [-0.15, -0.1) is 0 Å². The molecule has 7 heteroatoms. The van der Waals surface area contributed by atoms with Gasteiger partial charge in [-0.05, 0) is 74.0 Å². The van der Waals surface area contributed by atoms with Crippen LogP contribution >= 0.6 is 11.6 Å². The molecule has 4 aromatic carbocycles. The monoisotopic (exact) mass is 551 g/mol. The Morgan fingerprint density at radius 2 is 1.55 bits per heavy atom. The van der Waals surface area contributed by atoms with E-state index in [0.717, 1.165) is 33.8 Å². The highest BCUT2D eigenvalue weighted by Crippen LogP contribution is 2.33. The number of hydrogen-bond acceptors (Lipinski definition) is 4. The minimum Gasteiger partial charge on any atom is -0.497 e.